The van der Waals surface area contributed by atoms with Gasteiger partial charge in [-0.15, -0.1) is 0 Å². The van der Waals surface area contributed by atoms with Crippen LogP contribution in [0.25, 0.3) is 0 Å². The van der Waals surface area contributed by atoms with E-state index in [2.05, 4.69) is 10.4 Å². The Balaban J connectivity index is 1.76. The normalized spacial score (nSPS) is 22.2. The smallest absolute Gasteiger partial charge is 0.271 e. The van der Waals surface area contributed by atoms with Gasteiger partial charge in [0.2, 0.25) is 5.91 Å². The number of hydrogen-bond acceptors (Lipinski definition) is 6. The molecule has 1 aromatic rings. The van der Waals surface area contributed by atoms with E-state index in [1.165, 1.54) is 6.07 Å². The van der Waals surface area contributed by atoms with Crippen LogP contribution in [0.3, 0.4) is 0 Å². The third kappa shape index (κ3) is 3.85. The van der Waals surface area contributed by atoms with Gasteiger partial charge in [-0.3, -0.25) is 9.59 Å². The van der Waals surface area contributed by atoms with Gasteiger partial charge in [-0.1, -0.05) is 6.07 Å². The second-order valence-corrected chi connectivity index (χ2v) is 8.22. The second-order valence-electron chi connectivity index (χ2n) is 5.99. The highest BCUT2D eigenvalue weighted by Crippen LogP contribution is 2.22. The number of nitrogens with zero attached hydrogens (tertiary/aromatic N) is 3. The van der Waals surface area contributed by atoms with E-state index in [1.54, 1.807) is 18.2 Å². The van der Waals surface area contributed by atoms with Gasteiger partial charge in [-0.05, 0) is 24.6 Å². The molecule has 1 fully saturated rings. The zero-order chi connectivity index (χ0) is 18.0. The molecular formula is C16H16N4O4S. The van der Waals surface area contributed by atoms with Crippen molar-refractivity contribution in [2.75, 3.05) is 16.8 Å². The molecular weight excluding hydrogens is 344 g/mol. The molecule has 25 heavy (non-hydrogen) atoms. The number of carbonyl (C=O) groups excluding carboxylic acids is 2. The first-order valence-corrected chi connectivity index (χ1v) is 9.61. The molecule has 0 aromatic heterocycles. The SMILES string of the molecule is N#Cc1cccc(NC(=O)C2=NN([C@@H]3CCS(=O)(=O)C3)C(=O)CC2)c1. The summed E-state index contributed by atoms with van der Waals surface area (Å²) in [6.45, 7) is 0. The highest BCUT2D eigenvalue weighted by Gasteiger charge is 2.37. The minimum Gasteiger partial charge on any atom is -0.321 e. The van der Waals surface area contributed by atoms with Crippen LogP contribution in [-0.2, 0) is 19.4 Å². The van der Waals surface area contributed by atoms with Crippen molar-refractivity contribution in [2.24, 2.45) is 5.10 Å². The monoisotopic (exact) mass is 360 g/mol. The topological polar surface area (TPSA) is 120 Å². The number of anilines is 1. The molecule has 1 saturated heterocycles. The van der Waals surface area contributed by atoms with Gasteiger partial charge in [0, 0.05) is 18.5 Å². The minimum atomic E-state index is -3.16. The molecule has 1 aromatic carbocycles. The van der Waals surface area contributed by atoms with E-state index in [0.717, 1.165) is 5.01 Å². The third-order valence-electron chi connectivity index (χ3n) is 4.13. The first kappa shape index (κ1) is 17.1. The number of sulfone groups is 1. The molecule has 1 atom stereocenters. The Hall–Kier alpha value is -2.73. The summed E-state index contributed by atoms with van der Waals surface area (Å²) in [6, 6.07) is 7.93. The molecule has 130 valence electrons. The van der Waals surface area contributed by atoms with Crippen LogP contribution in [0.4, 0.5) is 5.69 Å². The van der Waals surface area contributed by atoms with Crippen molar-refractivity contribution >= 4 is 33.1 Å². The van der Waals surface area contributed by atoms with E-state index < -0.39 is 21.8 Å². The van der Waals surface area contributed by atoms with Crippen LogP contribution in [0.2, 0.25) is 0 Å². The summed E-state index contributed by atoms with van der Waals surface area (Å²) in [5.41, 5.74) is 1.04. The van der Waals surface area contributed by atoms with Gasteiger partial charge < -0.3 is 5.32 Å². The molecule has 2 aliphatic rings. The molecule has 2 aliphatic heterocycles. The van der Waals surface area contributed by atoms with Crippen molar-refractivity contribution in [3.63, 3.8) is 0 Å². The van der Waals surface area contributed by atoms with E-state index in [9.17, 15) is 18.0 Å². The summed E-state index contributed by atoms with van der Waals surface area (Å²) in [6.07, 6.45) is 0.635. The van der Waals surface area contributed by atoms with Crippen LogP contribution < -0.4 is 5.32 Å². The molecule has 0 saturated carbocycles. The summed E-state index contributed by atoms with van der Waals surface area (Å²) in [5, 5.41) is 16.8. The van der Waals surface area contributed by atoms with Crippen molar-refractivity contribution < 1.29 is 18.0 Å². The molecule has 2 heterocycles. The lowest BCUT2D eigenvalue weighted by Crippen LogP contribution is -2.42. The Bertz CT molecular complexity index is 901. The Labute approximate surface area is 145 Å². The molecule has 0 spiro atoms. The van der Waals surface area contributed by atoms with Gasteiger partial charge in [0.05, 0.1) is 29.2 Å². The van der Waals surface area contributed by atoms with Gasteiger partial charge in [0.25, 0.3) is 5.91 Å². The van der Waals surface area contributed by atoms with Crippen LogP contribution in [0, 0.1) is 11.3 Å². The zero-order valence-corrected chi connectivity index (χ0v) is 14.1. The number of nitrogens with one attached hydrogen (secondary N) is 1. The molecule has 8 nitrogen and oxygen atoms in total. The van der Waals surface area contributed by atoms with E-state index in [0.29, 0.717) is 17.7 Å². The van der Waals surface area contributed by atoms with Crippen molar-refractivity contribution in [3.8, 4) is 6.07 Å². The van der Waals surface area contributed by atoms with Gasteiger partial charge in [0.1, 0.15) is 5.71 Å². The third-order valence-corrected chi connectivity index (χ3v) is 5.88. The summed E-state index contributed by atoms with van der Waals surface area (Å²) in [5.74, 6) is -0.834. The van der Waals surface area contributed by atoms with E-state index >= 15 is 0 Å². The highest BCUT2D eigenvalue weighted by molar-refractivity contribution is 7.91. The number of carbonyl (C=O) groups is 2. The maximum atomic E-state index is 12.4. The predicted octanol–water partition coefficient (Wildman–Crippen LogP) is 0.662. The van der Waals surface area contributed by atoms with Crippen molar-refractivity contribution in [2.45, 2.75) is 25.3 Å². The van der Waals surface area contributed by atoms with Crippen LogP contribution in [-0.4, -0.2) is 48.5 Å². The zero-order valence-electron chi connectivity index (χ0n) is 13.3. The number of hydrazone groups is 1. The lowest BCUT2D eigenvalue weighted by Gasteiger charge is -2.27. The number of amides is 2. The summed E-state index contributed by atoms with van der Waals surface area (Å²) < 4.78 is 23.2. The van der Waals surface area contributed by atoms with Crippen molar-refractivity contribution in [1.82, 2.24) is 5.01 Å². The van der Waals surface area contributed by atoms with Gasteiger partial charge in [-0.2, -0.15) is 10.4 Å². The van der Waals surface area contributed by atoms with Crippen LogP contribution >= 0.6 is 0 Å². The lowest BCUT2D eigenvalue weighted by molar-refractivity contribution is -0.133. The fraction of sp³-hybridized carbons (Fsp3) is 0.375. The largest absolute Gasteiger partial charge is 0.321 e. The fourth-order valence-corrected chi connectivity index (χ4v) is 4.55. The average Bonchev–Trinajstić information content (AvgIpc) is 2.95. The Morgan fingerprint density at radius 2 is 2.16 bits per heavy atom. The number of hydrogen-bond donors (Lipinski definition) is 1. The van der Waals surface area contributed by atoms with E-state index in [4.69, 9.17) is 5.26 Å². The fourth-order valence-electron chi connectivity index (χ4n) is 2.86. The van der Waals surface area contributed by atoms with Gasteiger partial charge >= 0.3 is 0 Å². The number of rotatable bonds is 3. The quantitative estimate of drug-likeness (QED) is 0.849. The van der Waals surface area contributed by atoms with Gasteiger partial charge in [-0.25, -0.2) is 13.4 Å². The van der Waals surface area contributed by atoms with E-state index in [-0.39, 0.29) is 36.0 Å². The summed E-state index contributed by atoms with van der Waals surface area (Å²) >= 11 is 0. The number of benzene rings is 1. The molecule has 2 amide bonds. The molecule has 0 unspecified atom stereocenters. The Morgan fingerprint density at radius 1 is 1.36 bits per heavy atom. The molecule has 3 rings (SSSR count). The molecule has 0 aliphatic carbocycles. The molecule has 1 N–H and O–H groups in total. The first-order valence-electron chi connectivity index (χ1n) is 7.79. The van der Waals surface area contributed by atoms with Crippen LogP contribution in [0.15, 0.2) is 29.4 Å². The maximum Gasteiger partial charge on any atom is 0.271 e. The number of nitriles is 1. The lowest BCUT2D eigenvalue weighted by atomic mass is 10.1. The van der Waals surface area contributed by atoms with E-state index in [1.807, 2.05) is 6.07 Å². The van der Waals surface area contributed by atoms with Crippen LogP contribution in [0.5, 0.6) is 0 Å². The second kappa shape index (κ2) is 6.64. The Morgan fingerprint density at radius 3 is 2.84 bits per heavy atom. The Kier molecular flexibility index (Phi) is 4.55. The van der Waals surface area contributed by atoms with Gasteiger partial charge in [0.15, 0.2) is 9.84 Å². The molecule has 0 radical (unpaired) electrons. The highest BCUT2D eigenvalue weighted by atomic mass is 32.2. The average molecular weight is 360 g/mol. The van der Waals surface area contributed by atoms with Crippen molar-refractivity contribution in [1.29, 1.82) is 5.26 Å². The first-order chi connectivity index (χ1) is 11.9. The summed E-state index contributed by atoms with van der Waals surface area (Å²) in [4.78, 5) is 24.4. The maximum absolute atomic E-state index is 12.4. The van der Waals surface area contributed by atoms with Crippen molar-refractivity contribution in [3.05, 3.63) is 29.8 Å². The predicted molar refractivity (Wildman–Crippen MR) is 90.4 cm³/mol. The standard InChI is InChI=1S/C16H16N4O4S/c17-9-11-2-1-3-12(8-11)18-16(22)14-4-5-15(21)20(19-14)13-6-7-25(23,24)10-13/h1-3,8,13H,4-7,10H2,(H,18,22)/t13-/m1/s1. The summed E-state index contributed by atoms with van der Waals surface area (Å²) in [7, 11) is -3.16. The minimum absolute atomic E-state index is 0.0272. The molecule has 9 heteroatoms. The van der Waals surface area contributed by atoms with Crippen LogP contribution in [0.1, 0.15) is 24.8 Å². The molecule has 0 bridgehead atoms.